The van der Waals surface area contributed by atoms with Gasteiger partial charge in [0.2, 0.25) is 0 Å². The number of carbonyl (C=O) groups excluding carboxylic acids is 3. The predicted octanol–water partition coefficient (Wildman–Crippen LogP) is 2.57. The molecule has 1 fully saturated rings. The lowest BCUT2D eigenvalue weighted by Gasteiger charge is -2.15. The van der Waals surface area contributed by atoms with Gasteiger partial charge in [-0.05, 0) is 37.1 Å². The van der Waals surface area contributed by atoms with Crippen LogP contribution in [0.2, 0.25) is 0 Å². The summed E-state index contributed by atoms with van der Waals surface area (Å²) in [6.45, 7) is 0.550. The quantitative estimate of drug-likeness (QED) is 0.489. The number of amides is 2. The third kappa shape index (κ3) is 2.70. The Labute approximate surface area is 144 Å². The van der Waals surface area contributed by atoms with Crippen LogP contribution in [0.5, 0.6) is 5.75 Å². The Morgan fingerprint density at radius 3 is 2.40 bits per heavy atom. The van der Waals surface area contributed by atoms with Gasteiger partial charge >= 0.3 is 5.97 Å². The summed E-state index contributed by atoms with van der Waals surface area (Å²) in [5.41, 5.74) is 1.10. The van der Waals surface area contributed by atoms with Gasteiger partial charge in [0.05, 0.1) is 16.8 Å². The highest BCUT2D eigenvalue weighted by Gasteiger charge is 2.36. The first kappa shape index (κ1) is 15.5. The van der Waals surface area contributed by atoms with Crippen molar-refractivity contribution in [2.24, 2.45) is 0 Å². The van der Waals surface area contributed by atoms with Gasteiger partial charge in [-0.2, -0.15) is 0 Å². The van der Waals surface area contributed by atoms with Gasteiger partial charge in [0, 0.05) is 12.7 Å². The molecule has 2 aromatic rings. The highest BCUT2D eigenvalue weighted by atomic mass is 16.6. The minimum absolute atomic E-state index is 0.273. The van der Waals surface area contributed by atoms with Gasteiger partial charge in [0.1, 0.15) is 5.75 Å². The van der Waals surface area contributed by atoms with E-state index >= 15 is 0 Å². The molecule has 0 radical (unpaired) electrons. The monoisotopic (exact) mass is 337 g/mol. The molecule has 2 aliphatic heterocycles. The van der Waals surface area contributed by atoms with Crippen molar-refractivity contribution in [1.82, 2.24) is 0 Å². The van der Waals surface area contributed by atoms with Gasteiger partial charge < -0.3 is 9.47 Å². The number of hydrogen-bond donors (Lipinski definition) is 0. The van der Waals surface area contributed by atoms with E-state index in [0.717, 1.165) is 11.3 Å². The summed E-state index contributed by atoms with van der Waals surface area (Å²) in [7, 11) is 0. The highest BCUT2D eigenvalue weighted by molar-refractivity contribution is 6.34. The first-order valence-corrected chi connectivity index (χ1v) is 8.06. The zero-order chi connectivity index (χ0) is 17.4. The first-order chi connectivity index (χ1) is 12.1. The second-order valence-corrected chi connectivity index (χ2v) is 5.91. The van der Waals surface area contributed by atoms with E-state index in [4.69, 9.17) is 9.47 Å². The third-order valence-electron chi connectivity index (χ3n) is 4.28. The summed E-state index contributed by atoms with van der Waals surface area (Å²) >= 11 is 0. The zero-order valence-electron chi connectivity index (χ0n) is 13.3. The van der Waals surface area contributed by atoms with Crippen LogP contribution in [-0.4, -0.2) is 30.5 Å². The molecule has 0 spiro atoms. The summed E-state index contributed by atoms with van der Waals surface area (Å²) in [5.74, 6) is -0.960. The fourth-order valence-electron chi connectivity index (χ4n) is 3.06. The molecule has 6 heteroatoms. The number of ether oxygens (including phenoxy) is 2. The molecule has 2 aromatic carbocycles. The molecule has 0 aromatic heterocycles. The molecule has 2 heterocycles. The van der Waals surface area contributed by atoms with Crippen LogP contribution < -0.4 is 9.64 Å². The standard InChI is InChI=1S/C19H15NO5/c21-17-14-7-1-2-8-15(14)18(22)20(17)12-5-3-6-13(11-12)25-19(23)16-9-4-10-24-16/h1-3,5-8,11,16H,4,9-10H2/t16-/m1/s1. The van der Waals surface area contributed by atoms with Gasteiger partial charge in [-0.3, -0.25) is 9.59 Å². The molecule has 25 heavy (non-hydrogen) atoms. The Balaban J connectivity index is 1.59. The number of anilines is 1. The molecular weight excluding hydrogens is 322 g/mol. The molecule has 1 atom stereocenters. The van der Waals surface area contributed by atoms with E-state index in [1.807, 2.05) is 0 Å². The van der Waals surface area contributed by atoms with E-state index in [0.29, 0.717) is 29.8 Å². The SMILES string of the molecule is O=C(Oc1cccc(N2C(=O)c3ccccc3C2=O)c1)[C@H]1CCCO1. The van der Waals surface area contributed by atoms with Crippen LogP contribution in [0, 0.1) is 0 Å². The van der Waals surface area contributed by atoms with Crippen LogP contribution in [0.4, 0.5) is 5.69 Å². The number of carbonyl (C=O) groups is 3. The maximum absolute atomic E-state index is 12.5. The molecular formula is C19H15NO5. The molecule has 4 rings (SSSR count). The molecule has 0 bridgehead atoms. The van der Waals surface area contributed by atoms with Crippen molar-refractivity contribution in [1.29, 1.82) is 0 Å². The van der Waals surface area contributed by atoms with Crippen LogP contribution in [0.15, 0.2) is 48.5 Å². The maximum Gasteiger partial charge on any atom is 0.340 e. The van der Waals surface area contributed by atoms with E-state index in [1.165, 1.54) is 6.07 Å². The summed E-state index contributed by atoms with van der Waals surface area (Å²) < 4.78 is 10.6. The Morgan fingerprint density at radius 2 is 1.76 bits per heavy atom. The maximum atomic E-state index is 12.5. The third-order valence-corrected chi connectivity index (χ3v) is 4.28. The van der Waals surface area contributed by atoms with Gasteiger partial charge in [0.25, 0.3) is 11.8 Å². The largest absolute Gasteiger partial charge is 0.425 e. The average molecular weight is 337 g/mol. The lowest BCUT2D eigenvalue weighted by Crippen LogP contribution is -2.29. The normalized spacial score (nSPS) is 19.2. The highest BCUT2D eigenvalue weighted by Crippen LogP contribution is 2.30. The van der Waals surface area contributed by atoms with E-state index in [9.17, 15) is 14.4 Å². The second-order valence-electron chi connectivity index (χ2n) is 5.91. The number of rotatable bonds is 3. The minimum Gasteiger partial charge on any atom is -0.425 e. The lowest BCUT2D eigenvalue weighted by molar-refractivity contribution is -0.144. The molecule has 0 saturated carbocycles. The van der Waals surface area contributed by atoms with Crippen molar-refractivity contribution in [3.05, 3.63) is 59.7 Å². The van der Waals surface area contributed by atoms with Crippen LogP contribution in [-0.2, 0) is 9.53 Å². The number of nitrogens with zero attached hydrogens (tertiary/aromatic N) is 1. The van der Waals surface area contributed by atoms with Gasteiger partial charge in [0.15, 0.2) is 6.10 Å². The van der Waals surface area contributed by atoms with Crippen LogP contribution in [0.25, 0.3) is 0 Å². The molecule has 0 aliphatic carbocycles. The zero-order valence-corrected chi connectivity index (χ0v) is 13.3. The second kappa shape index (κ2) is 6.14. The van der Waals surface area contributed by atoms with Crippen molar-refractivity contribution in [2.75, 3.05) is 11.5 Å². The van der Waals surface area contributed by atoms with Crippen molar-refractivity contribution in [3.63, 3.8) is 0 Å². The van der Waals surface area contributed by atoms with E-state index < -0.39 is 12.1 Å². The fraction of sp³-hybridized carbons (Fsp3) is 0.211. The molecule has 0 N–H and O–H groups in total. The first-order valence-electron chi connectivity index (χ1n) is 8.06. The molecule has 0 unspecified atom stereocenters. The summed E-state index contributed by atoms with van der Waals surface area (Å²) in [6.07, 6.45) is 0.911. The molecule has 2 amide bonds. The van der Waals surface area contributed by atoms with Crippen molar-refractivity contribution < 1.29 is 23.9 Å². The Bertz CT molecular complexity index is 835. The van der Waals surface area contributed by atoms with Crippen molar-refractivity contribution >= 4 is 23.5 Å². The fourth-order valence-corrected chi connectivity index (χ4v) is 3.06. The predicted molar refractivity (Wildman–Crippen MR) is 88.6 cm³/mol. The number of imide groups is 1. The molecule has 6 nitrogen and oxygen atoms in total. The van der Waals surface area contributed by atoms with E-state index in [-0.39, 0.29) is 17.6 Å². The Kier molecular flexibility index (Phi) is 3.82. The Hall–Kier alpha value is -2.99. The van der Waals surface area contributed by atoms with Crippen LogP contribution in [0.3, 0.4) is 0 Å². The van der Waals surface area contributed by atoms with Crippen molar-refractivity contribution in [2.45, 2.75) is 18.9 Å². The smallest absolute Gasteiger partial charge is 0.340 e. The topological polar surface area (TPSA) is 72.9 Å². The summed E-state index contributed by atoms with van der Waals surface area (Å²) in [5, 5.41) is 0. The minimum atomic E-state index is -0.553. The number of esters is 1. The van der Waals surface area contributed by atoms with E-state index in [2.05, 4.69) is 0 Å². The van der Waals surface area contributed by atoms with Gasteiger partial charge in [-0.25, -0.2) is 9.69 Å². The van der Waals surface area contributed by atoms with Crippen LogP contribution >= 0.6 is 0 Å². The summed E-state index contributed by atoms with van der Waals surface area (Å²) in [6, 6.07) is 13.1. The number of benzene rings is 2. The van der Waals surface area contributed by atoms with Crippen molar-refractivity contribution in [3.8, 4) is 5.75 Å². The van der Waals surface area contributed by atoms with Gasteiger partial charge in [-0.1, -0.05) is 18.2 Å². The average Bonchev–Trinajstić information content (AvgIpc) is 3.24. The lowest BCUT2D eigenvalue weighted by atomic mass is 10.1. The van der Waals surface area contributed by atoms with Crippen LogP contribution in [0.1, 0.15) is 33.6 Å². The molecule has 1 saturated heterocycles. The van der Waals surface area contributed by atoms with Gasteiger partial charge in [-0.15, -0.1) is 0 Å². The number of hydrogen-bond acceptors (Lipinski definition) is 5. The Morgan fingerprint density at radius 1 is 1.04 bits per heavy atom. The molecule has 126 valence electrons. The molecule has 2 aliphatic rings. The van der Waals surface area contributed by atoms with E-state index in [1.54, 1.807) is 42.5 Å². The summed E-state index contributed by atoms with van der Waals surface area (Å²) in [4.78, 5) is 38.2. The number of fused-ring (bicyclic) bond motifs is 1.